The van der Waals surface area contributed by atoms with Crippen LogP contribution >= 0.6 is 0 Å². The van der Waals surface area contributed by atoms with Crippen molar-refractivity contribution in [2.45, 2.75) is 63.7 Å². The Morgan fingerprint density at radius 3 is 2.84 bits per heavy atom. The summed E-state index contributed by atoms with van der Waals surface area (Å²) < 4.78 is 2.29. The molecule has 3 atom stereocenters. The Morgan fingerprint density at radius 2 is 2.16 bits per heavy atom. The Morgan fingerprint density at radius 1 is 1.26 bits per heavy atom. The summed E-state index contributed by atoms with van der Waals surface area (Å²) in [6.07, 6.45) is 11.2. The molecule has 1 aliphatic carbocycles. The number of aromatic nitrogens is 2. The van der Waals surface area contributed by atoms with Gasteiger partial charge in [-0.2, -0.15) is 0 Å². The fourth-order valence-electron chi connectivity index (χ4n) is 3.65. The highest BCUT2D eigenvalue weighted by atomic mass is 15.2. The molecule has 1 aliphatic heterocycles. The van der Waals surface area contributed by atoms with Crippen LogP contribution in [0.1, 0.15) is 45.6 Å². The second kappa shape index (κ2) is 5.63. The lowest BCUT2D eigenvalue weighted by Gasteiger charge is -2.26. The second-order valence-corrected chi connectivity index (χ2v) is 6.36. The van der Waals surface area contributed by atoms with Crippen LogP contribution < -0.4 is 5.32 Å². The van der Waals surface area contributed by atoms with Gasteiger partial charge in [-0.3, -0.25) is 4.90 Å². The maximum atomic E-state index is 4.20. The van der Waals surface area contributed by atoms with E-state index in [0.717, 1.165) is 0 Å². The molecule has 0 aromatic carbocycles. The standard InChI is InChI=1S/C15H26N4/c1-12(2)18-8-6-13(10-18)17-14-4-3-5-15(14)19-9-7-16-11-19/h7,9,11-15,17H,3-6,8,10H2,1-2H3. The molecule has 0 radical (unpaired) electrons. The summed E-state index contributed by atoms with van der Waals surface area (Å²) >= 11 is 0. The third-order valence-corrected chi connectivity index (χ3v) is 4.79. The fraction of sp³-hybridized carbons (Fsp3) is 0.800. The largest absolute Gasteiger partial charge is 0.333 e. The molecule has 4 heteroatoms. The van der Waals surface area contributed by atoms with Gasteiger partial charge in [0.25, 0.3) is 0 Å². The number of imidazole rings is 1. The molecule has 4 nitrogen and oxygen atoms in total. The molecule has 0 spiro atoms. The number of likely N-dealkylation sites (tertiary alicyclic amines) is 1. The highest BCUT2D eigenvalue weighted by molar-refractivity contribution is 4.95. The van der Waals surface area contributed by atoms with Crippen LogP contribution in [0.2, 0.25) is 0 Å². The minimum atomic E-state index is 0.607. The average molecular weight is 262 g/mol. The lowest BCUT2D eigenvalue weighted by atomic mass is 10.1. The maximum absolute atomic E-state index is 4.20. The summed E-state index contributed by atoms with van der Waals surface area (Å²) in [5, 5.41) is 3.91. The first-order chi connectivity index (χ1) is 9.24. The normalized spacial score (nSPS) is 32.5. The molecule has 3 rings (SSSR count). The van der Waals surface area contributed by atoms with Crippen molar-refractivity contribution in [1.82, 2.24) is 19.8 Å². The van der Waals surface area contributed by atoms with Gasteiger partial charge in [-0.1, -0.05) is 0 Å². The van der Waals surface area contributed by atoms with E-state index in [-0.39, 0.29) is 0 Å². The summed E-state index contributed by atoms with van der Waals surface area (Å²) in [5.74, 6) is 0. The van der Waals surface area contributed by atoms with Crippen molar-refractivity contribution < 1.29 is 0 Å². The average Bonchev–Trinajstić information content (AvgIpc) is 3.09. The van der Waals surface area contributed by atoms with Crippen LogP contribution in [0.3, 0.4) is 0 Å². The predicted molar refractivity (Wildman–Crippen MR) is 77.2 cm³/mol. The third-order valence-electron chi connectivity index (χ3n) is 4.79. The van der Waals surface area contributed by atoms with Crippen molar-refractivity contribution in [2.24, 2.45) is 0 Å². The summed E-state index contributed by atoms with van der Waals surface area (Å²) in [6.45, 7) is 7.06. The smallest absolute Gasteiger partial charge is 0.0949 e. The summed E-state index contributed by atoms with van der Waals surface area (Å²) in [7, 11) is 0. The summed E-state index contributed by atoms with van der Waals surface area (Å²) in [6, 6.07) is 2.60. The molecule has 1 aromatic heterocycles. The van der Waals surface area contributed by atoms with Crippen LogP contribution in [-0.4, -0.2) is 45.7 Å². The first kappa shape index (κ1) is 13.1. The van der Waals surface area contributed by atoms with E-state index in [0.29, 0.717) is 24.2 Å². The Labute approximate surface area is 116 Å². The minimum absolute atomic E-state index is 0.607. The molecule has 19 heavy (non-hydrogen) atoms. The van der Waals surface area contributed by atoms with E-state index < -0.39 is 0 Å². The van der Waals surface area contributed by atoms with Gasteiger partial charge in [0.05, 0.1) is 6.33 Å². The van der Waals surface area contributed by atoms with Gasteiger partial charge in [-0.25, -0.2) is 4.98 Å². The first-order valence-electron chi connectivity index (χ1n) is 7.71. The van der Waals surface area contributed by atoms with Gasteiger partial charge in [0, 0.05) is 43.1 Å². The lowest BCUT2D eigenvalue weighted by molar-refractivity contribution is 0.261. The van der Waals surface area contributed by atoms with Crippen LogP contribution in [0.5, 0.6) is 0 Å². The monoisotopic (exact) mass is 262 g/mol. The number of rotatable bonds is 4. The van der Waals surface area contributed by atoms with Gasteiger partial charge in [0.2, 0.25) is 0 Å². The molecular weight excluding hydrogens is 236 g/mol. The van der Waals surface area contributed by atoms with E-state index >= 15 is 0 Å². The number of hydrogen-bond acceptors (Lipinski definition) is 3. The zero-order chi connectivity index (χ0) is 13.2. The molecular formula is C15H26N4. The van der Waals surface area contributed by atoms with Crippen molar-refractivity contribution in [3.8, 4) is 0 Å². The van der Waals surface area contributed by atoms with Gasteiger partial charge in [0.1, 0.15) is 0 Å². The number of nitrogens with zero attached hydrogens (tertiary/aromatic N) is 3. The molecule has 2 heterocycles. The van der Waals surface area contributed by atoms with Gasteiger partial charge < -0.3 is 9.88 Å². The molecule has 0 bridgehead atoms. The van der Waals surface area contributed by atoms with Crippen molar-refractivity contribution in [2.75, 3.05) is 13.1 Å². The van der Waals surface area contributed by atoms with Gasteiger partial charge in [-0.05, 0) is 46.1 Å². The lowest BCUT2D eigenvalue weighted by Crippen LogP contribution is -2.43. The number of nitrogens with one attached hydrogen (secondary N) is 1. The molecule has 2 fully saturated rings. The van der Waals surface area contributed by atoms with Crippen LogP contribution in [0.25, 0.3) is 0 Å². The van der Waals surface area contributed by atoms with Gasteiger partial charge in [0.15, 0.2) is 0 Å². The highest BCUT2D eigenvalue weighted by Crippen LogP contribution is 2.31. The van der Waals surface area contributed by atoms with E-state index in [2.05, 4.69) is 39.8 Å². The third kappa shape index (κ3) is 2.84. The van der Waals surface area contributed by atoms with E-state index in [1.807, 2.05) is 12.5 Å². The van der Waals surface area contributed by atoms with Crippen LogP contribution in [-0.2, 0) is 0 Å². The van der Waals surface area contributed by atoms with Crippen molar-refractivity contribution in [3.63, 3.8) is 0 Å². The molecule has 1 N–H and O–H groups in total. The Kier molecular flexibility index (Phi) is 3.89. The Hall–Kier alpha value is -0.870. The Balaban J connectivity index is 1.58. The van der Waals surface area contributed by atoms with E-state index in [9.17, 15) is 0 Å². The molecule has 1 aromatic rings. The van der Waals surface area contributed by atoms with Gasteiger partial charge in [-0.15, -0.1) is 0 Å². The van der Waals surface area contributed by atoms with Gasteiger partial charge >= 0.3 is 0 Å². The summed E-state index contributed by atoms with van der Waals surface area (Å²) in [5.41, 5.74) is 0. The van der Waals surface area contributed by atoms with Crippen molar-refractivity contribution >= 4 is 0 Å². The molecule has 1 saturated carbocycles. The van der Waals surface area contributed by atoms with Crippen molar-refractivity contribution in [3.05, 3.63) is 18.7 Å². The maximum Gasteiger partial charge on any atom is 0.0949 e. The molecule has 2 aliphatic rings. The summed E-state index contributed by atoms with van der Waals surface area (Å²) in [4.78, 5) is 6.78. The molecule has 1 saturated heterocycles. The van der Waals surface area contributed by atoms with Crippen LogP contribution in [0, 0.1) is 0 Å². The van der Waals surface area contributed by atoms with Crippen LogP contribution in [0.15, 0.2) is 18.7 Å². The highest BCUT2D eigenvalue weighted by Gasteiger charge is 2.32. The Bertz CT molecular complexity index is 387. The number of hydrogen-bond donors (Lipinski definition) is 1. The van der Waals surface area contributed by atoms with Crippen molar-refractivity contribution in [1.29, 1.82) is 0 Å². The fourth-order valence-corrected chi connectivity index (χ4v) is 3.65. The quantitative estimate of drug-likeness (QED) is 0.901. The van der Waals surface area contributed by atoms with E-state index in [1.165, 1.54) is 38.8 Å². The van der Waals surface area contributed by atoms with Crippen LogP contribution in [0.4, 0.5) is 0 Å². The van der Waals surface area contributed by atoms with E-state index in [1.54, 1.807) is 0 Å². The zero-order valence-corrected chi connectivity index (χ0v) is 12.1. The first-order valence-corrected chi connectivity index (χ1v) is 7.71. The SMILES string of the molecule is CC(C)N1CCC(NC2CCCC2n2ccnc2)C1. The zero-order valence-electron chi connectivity index (χ0n) is 12.1. The molecule has 3 unspecified atom stereocenters. The second-order valence-electron chi connectivity index (χ2n) is 6.36. The topological polar surface area (TPSA) is 33.1 Å². The predicted octanol–water partition coefficient (Wildman–Crippen LogP) is 2.05. The minimum Gasteiger partial charge on any atom is -0.333 e. The van der Waals surface area contributed by atoms with E-state index in [4.69, 9.17) is 0 Å². The molecule has 106 valence electrons. The molecule has 0 amide bonds.